The second-order valence-corrected chi connectivity index (χ2v) is 5.17. The van der Waals surface area contributed by atoms with Crippen LogP contribution in [0.1, 0.15) is 30.0 Å². The highest BCUT2D eigenvalue weighted by molar-refractivity contribution is 5.32. The van der Waals surface area contributed by atoms with Gasteiger partial charge in [0.05, 0.1) is 12.5 Å². The molecule has 0 bridgehead atoms. The maximum Gasteiger partial charge on any atom is 0.0950 e. The van der Waals surface area contributed by atoms with Crippen LogP contribution in [-0.2, 0) is 10.2 Å². The average molecular weight is 257 g/mol. The largest absolute Gasteiger partial charge is 0.472 e. The summed E-state index contributed by atoms with van der Waals surface area (Å²) in [6.07, 6.45) is 5.34. The summed E-state index contributed by atoms with van der Waals surface area (Å²) >= 11 is 0. The molecule has 0 saturated carbocycles. The van der Waals surface area contributed by atoms with Gasteiger partial charge in [-0.15, -0.1) is 0 Å². The van der Waals surface area contributed by atoms with Crippen molar-refractivity contribution in [2.45, 2.75) is 24.3 Å². The van der Waals surface area contributed by atoms with Crippen LogP contribution >= 0.6 is 0 Å². The molecular weight excluding hydrogens is 238 g/mol. The van der Waals surface area contributed by atoms with Gasteiger partial charge in [-0.3, -0.25) is 0 Å². The lowest BCUT2D eigenvalue weighted by atomic mass is 9.67. The van der Waals surface area contributed by atoms with Gasteiger partial charge in [0, 0.05) is 30.2 Å². The molecule has 0 spiro atoms. The van der Waals surface area contributed by atoms with Gasteiger partial charge in [0.2, 0.25) is 0 Å². The molecule has 0 aliphatic carbocycles. The second kappa shape index (κ2) is 5.19. The first-order valence-electron chi connectivity index (χ1n) is 6.74. The number of hydrogen-bond donors (Lipinski definition) is 1. The number of benzene rings is 1. The molecule has 100 valence electrons. The van der Waals surface area contributed by atoms with Crippen molar-refractivity contribution in [2.75, 3.05) is 13.2 Å². The molecule has 1 unspecified atom stereocenters. The molecule has 0 radical (unpaired) electrons. The van der Waals surface area contributed by atoms with E-state index in [1.54, 1.807) is 12.5 Å². The average Bonchev–Trinajstić information content (AvgIpc) is 3.02. The molecule has 1 aliphatic heterocycles. The minimum Gasteiger partial charge on any atom is -0.472 e. The fourth-order valence-corrected chi connectivity index (χ4v) is 3.06. The lowest BCUT2D eigenvalue weighted by Gasteiger charge is -2.42. The van der Waals surface area contributed by atoms with Gasteiger partial charge in [0.25, 0.3) is 0 Å². The highest BCUT2D eigenvalue weighted by Gasteiger charge is 2.41. The van der Waals surface area contributed by atoms with Crippen molar-refractivity contribution in [1.29, 1.82) is 0 Å². The predicted octanol–water partition coefficient (Wildman–Crippen LogP) is 3.03. The van der Waals surface area contributed by atoms with E-state index in [0.29, 0.717) is 0 Å². The highest BCUT2D eigenvalue weighted by Crippen LogP contribution is 2.43. The van der Waals surface area contributed by atoms with Gasteiger partial charge < -0.3 is 14.9 Å². The fraction of sp³-hybridized carbons (Fsp3) is 0.375. The van der Waals surface area contributed by atoms with Gasteiger partial charge in [-0.25, -0.2) is 0 Å². The van der Waals surface area contributed by atoms with E-state index in [0.717, 1.165) is 31.6 Å². The topological polar surface area (TPSA) is 48.4 Å². The lowest BCUT2D eigenvalue weighted by molar-refractivity contribution is 0.0397. The van der Waals surface area contributed by atoms with E-state index in [2.05, 4.69) is 24.3 Å². The first-order valence-corrected chi connectivity index (χ1v) is 6.74. The minimum atomic E-state index is -0.0578. The number of rotatable bonds is 3. The van der Waals surface area contributed by atoms with E-state index in [9.17, 15) is 0 Å². The van der Waals surface area contributed by atoms with Crippen LogP contribution in [0.4, 0.5) is 0 Å². The van der Waals surface area contributed by atoms with Crippen molar-refractivity contribution < 1.29 is 9.15 Å². The van der Waals surface area contributed by atoms with Crippen molar-refractivity contribution >= 4 is 0 Å². The Bertz CT molecular complexity index is 501. The highest BCUT2D eigenvalue weighted by atomic mass is 16.5. The van der Waals surface area contributed by atoms with Gasteiger partial charge in [0.1, 0.15) is 0 Å². The van der Waals surface area contributed by atoms with Crippen LogP contribution in [0, 0.1) is 0 Å². The van der Waals surface area contributed by atoms with Crippen LogP contribution in [0.5, 0.6) is 0 Å². The van der Waals surface area contributed by atoms with Crippen LogP contribution in [-0.4, -0.2) is 13.2 Å². The van der Waals surface area contributed by atoms with Crippen molar-refractivity contribution in [1.82, 2.24) is 0 Å². The fourth-order valence-electron chi connectivity index (χ4n) is 3.06. The van der Waals surface area contributed by atoms with Crippen LogP contribution in [0.3, 0.4) is 0 Å². The Morgan fingerprint density at radius 1 is 1.05 bits per heavy atom. The maximum atomic E-state index is 6.57. The Balaban J connectivity index is 2.02. The molecule has 3 nitrogen and oxygen atoms in total. The third kappa shape index (κ3) is 2.20. The van der Waals surface area contributed by atoms with E-state index in [-0.39, 0.29) is 11.5 Å². The zero-order valence-electron chi connectivity index (χ0n) is 10.9. The standard InChI is InChI=1S/C16H19NO2/c17-15(13-6-9-19-12-13)16(7-10-18-11-8-16)14-4-2-1-3-5-14/h1-6,9,12,15H,7-8,10-11,17H2. The number of nitrogens with two attached hydrogens (primary N) is 1. The molecular formula is C16H19NO2. The molecule has 2 heterocycles. The molecule has 0 amide bonds. The summed E-state index contributed by atoms with van der Waals surface area (Å²) in [4.78, 5) is 0. The molecule has 1 aliphatic rings. The smallest absolute Gasteiger partial charge is 0.0950 e. The monoisotopic (exact) mass is 257 g/mol. The number of furan rings is 1. The number of hydrogen-bond acceptors (Lipinski definition) is 3. The van der Waals surface area contributed by atoms with E-state index in [1.165, 1.54) is 5.56 Å². The third-order valence-corrected chi connectivity index (χ3v) is 4.23. The van der Waals surface area contributed by atoms with Crippen molar-refractivity contribution in [3.8, 4) is 0 Å². The Kier molecular flexibility index (Phi) is 3.40. The summed E-state index contributed by atoms with van der Waals surface area (Å²) in [5, 5.41) is 0. The zero-order chi connectivity index (χ0) is 13.1. The van der Waals surface area contributed by atoms with E-state index in [1.807, 2.05) is 12.1 Å². The SMILES string of the molecule is NC(c1ccoc1)C1(c2ccccc2)CCOCC1. The van der Waals surface area contributed by atoms with Crippen LogP contribution in [0.2, 0.25) is 0 Å². The van der Waals surface area contributed by atoms with E-state index >= 15 is 0 Å². The summed E-state index contributed by atoms with van der Waals surface area (Å²) in [6, 6.07) is 12.4. The van der Waals surface area contributed by atoms with Crippen LogP contribution in [0.15, 0.2) is 53.3 Å². The van der Waals surface area contributed by atoms with E-state index < -0.39 is 0 Å². The Morgan fingerprint density at radius 3 is 2.42 bits per heavy atom. The molecule has 3 heteroatoms. The first-order chi connectivity index (χ1) is 9.33. The summed E-state index contributed by atoms with van der Waals surface area (Å²) in [5.74, 6) is 0. The predicted molar refractivity (Wildman–Crippen MR) is 73.8 cm³/mol. The molecule has 1 fully saturated rings. The van der Waals surface area contributed by atoms with Gasteiger partial charge in [-0.2, -0.15) is 0 Å². The molecule has 1 aromatic carbocycles. The first kappa shape index (κ1) is 12.5. The normalized spacial score (nSPS) is 20.1. The molecule has 1 saturated heterocycles. The molecule has 2 aromatic rings. The minimum absolute atomic E-state index is 0.0522. The van der Waals surface area contributed by atoms with Crippen molar-refractivity contribution in [3.05, 3.63) is 60.1 Å². The zero-order valence-corrected chi connectivity index (χ0v) is 10.9. The Morgan fingerprint density at radius 2 is 1.79 bits per heavy atom. The quantitative estimate of drug-likeness (QED) is 0.919. The summed E-state index contributed by atoms with van der Waals surface area (Å²) in [5.41, 5.74) is 8.87. The van der Waals surface area contributed by atoms with Gasteiger partial charge in [0.15, 0.2) is 0 Å². The van der Waals surface area contributed by atoms with Crippen molar-refractivity contribution in [2.24, 2.45) is 5.73 Å². The van der Waals surface area contributed by atoms with Gasteiger partial charge in [-0.05, 0) is 24.5 Å². The molecule has 3 rings (SSSR count). The van der Waals surface area contributed by atoms with Crippen molar-refractivity contribution in [3.63, 3.8) is 0 Å². The van der Waals surface area contributed by atoms with E-state index in [4.69, 9.17) is 14.9 Å². The Labute approximate surface area is 113 Å². The molecule has 19 heavy (non-hydrogen) atoms. The third-order valence-electron chi connectivity index (χ3n) is 4.23. The summed E-state index contributed by atoms with van der Waals surface area (Å²) in [7, 11) is 0. The lowest BCUT2D eigenvalue weighted by Crippen LogP contribution is -2.43. The van der Waals surface area contributed by atoms with Crippen LogP contribution in [0.25, 0.3) is 0 Å². The van der Waals surface area contributed by atoms with Gasteiger partial charge >= 0.3 is 0 Å². The van der Waals surface area contributed by atoms with Gasteiger partial charge in [-0.1, -0.05) is 30.3 Å². The second-order valence-electron chi connectivity index (χ2n) is 5.17. The van der Waals surface area contributed by atoms with Crippen LogP contribution < -0.4 is 5.73 Å². The molecule has 1 aromatic heterocycles. The summed E-state index contributed by atoms with van der Waals surface area (Å²) in [6.45, 7) is 1.53. The maximum absolute atomic E-state index is 6.57. The Hall–Kier alpha value is -1.58. The summed E-state index contributed by atoms with van der Waals surface area (Å²) < 4.78 is 10.7. The molecule has 2 N–H and O–H groups in total. The number of ether oxygens (including phenoxy) is 1. The molecule has 1 atom stereocenters.